The maximum Gasteiger partial charge on any atom is 0.424 e. The summed E-state index contributed by atoms with van der Waals surface area (Å²) in [6.45, 7) is 19.6. The highest BCUT2D eigenvalue weighted by molar-refractivity contribution is 6.18. The van der Waals surface area contributed by atoms with Gasteiger partial charge in [-0.3, -0.25) is 14.8 Å². The molecular formula is C46H58N8O15. The van der Waals surface area contributed by atoms with E-state index in [9.17, 15) is 38.4 Å². The number of benzene rings is 2. The molecule has 0 spiro atoms. The van der Waals surface area contributed by atoms with Crippen LogP contribution in [0.2, 0.25) is 0 Å². The van der Waals surface area contributed by atoms with Crippen LogP contribution in [0.25, 0.3) is 0 Å². The van der Waals surface area contributed by atoms with Crippen LogP contribution >= 0.6 is 0 Å². The molecule has 0 bridgehead atoms. The fraction of sp³-hybridized carbons (Fsp3) is 0.391. The number of esters is 2. The number of hydrogen-bond acceptors (Lipinski definition) is 19. The van der Waals surface area contributed by atoms with E-state index in [4.69, 9.17) is 39.3 Å². The van der Waals surface area contributed by atoms with Gasteiger partial charge >= 0.3 is 42.3 Å². The van der Waals surface area contributed by atoms with Crippen molar-refractivity contribution in [2.24, 2.45) is 0 Å². The highest BCUT2D eigenvalue weighted by Gasteiger charge is 2.39. The van der Waals surface area contributed by atoms with E-state index in [0.717, 1.165) is 7.11 Å². The first-order chi connectivity index (χ1) is 31.8. The topological polar surface area (TPSA) is 308 Å². The van der Waals surface area contributed by atoms with Crippen molar-refractivity contribution in [1.29, 1.82) is 0 Å². The van der Waals surface area contributed by atoms with Gasteiger partial charge in [-0.1, -0.05) is 12.1 Å². The Morgan fingerprint density at radius 1 is 0.536 bits per heavy atom. The van der Waals surface area contributed by atoms with Crippen molar-refractivity contribution in [3.05, 3.63) is 96.1 Å². The lowest BCUT2D eigenvalue weighted by Crippen LogP contribution is -2.44. The number of carboxylic acid groups (broad SMARTS) is 1. The minimum absolute atomic E-state index is 0.0182. The van der Waals surface area contributed by atoms with Gasteiger partial charge in [0.1, 0.15) is 28.1 Å². The molecule has 0 atom stereocenters. The molecule has 0 aliphatic carbocycles. The Balaban J connectivity index is 0.000000409. The number of imide groups is 2. The highest BCUT2D eigenvalue weighted by atomic mass is 16.6. The van der Waals surface area contributed by atoms with Gasteiger partial charge < -0.3 is 44.6 Å². The van der Waals surface area contributed by atoms with E-state index in [2.05, 4.69) is 25.3 Å². The Kier molecular flexibility index (Phi) is 19.8. The number of anilines is 4. The summed E-state index contributed by atoms with van der Waals surface area (Å²) in [4.78, 5) is 115. The van der Waals surface area contributed by atoms with Gasteiger partial charge in [-0.05, 0) is 107 Å². The summed E-state index contributed by atoms with van der Waals surface area (Å²) in [5, 5.41) is 10.8. The molecule has 0 radical (unpaired) electrons. The normalized spacial score (nSPS) is 11.0. The Morgan fingerprint density at radius 2 is 0.899 bits per heavy atom. The van der Waals surface area contributed by atoms with Gasteiger partial charge in [-0.2, -0.15) is 9.80 Å². The second-order valence-corrected chi connectivity index (χ2v) is 18.0. The van der Waals surface area contributed by atoms with Crippen molar-refractivity contribution < 1.29 is 71.9 Å². The van der Waals surface area contributed by atoms with Crippen LogP contribution in [0.4, 0.5) is 41.9 Å². The van der Waals surface area contributed by atoms with Crippen LogP contribution in [0.1, 0.15) is 125 Å². The molecule has 0 fully saturated rings. The van der Waals surface area contributed by atoms with E-state index >= 15 is 0 Å². The van der Waals surface area contributed by atoms with Crippen molar-refractivity contribution in [3.63, 3.8) is 0 Å². The zero-order chi connectivity index (χ0) is 52.7. The molecule has 4 N–H and O–H groups in total. The number of methoxy groups -OCH3 is 2. The Morgan fingerprint density at radius 3 is 1.23 bits per heavy atom. The van der Waals surface area contributed by atoms with Gasteiger partial charge in [-0.15, -0.1) is 0 Å². The summed E-state index contributed by atoms with van der Waals surface area (Å²) >= 11 is 0. The summed E-state index contributed by atoms with van der Waals surface area (Å²) in [7, 11) is 2.32. The lowest BCUT2D eigenvalue weighted by Gasteiger charge is -2.30. The van der Waals surface area contributed by atoms with Crippen LogP contribution < -0.4 is 20.9 Å². The number of amides is 5. The summed E-state index contributed by atoms with van der Waals surface area (Å²) in [6, 6.07) is 8.53. The predicted octanol–water partition coefficient (Wildman–Crippen LogP) is 8.10. The fourth-order valence-corrected chi connectivity index (χ4v) is 5.00. The largest absolute Gasteiger partial charge is 0.476 e. The number of para-hydroxylation sites is 2. The van der Waals surface area contributed by atoms with Gasteiger partial charge in [0.2, 0.25) is 0 Å². The van der Waals surface area contributed by atoms with Crippen molar-refractivity contribution in [3.8, 4) is 0 Å². The lowest BCUT2D eigenvalue weighted by atomic mass is 10.1. The van der Waals surface area contributed by atoms with Crippen molar-refractivity contribution >= 4 is 70.9 Å². The highest BCUT2D eigenvalue weighted by Crippen LogP contribution is 2.35. The molecule has 4 rings (SSSR count). The number of aromatic carboxylic acids is 1. The van der Waals surface area contributed by atoms with Crippen LogP contribution in [0.15, 0.2) is 73.6 Å². The number of carboxylic acids is 1. The van der Waals surface area contributed by atoms with E-state index < -0.39 is 70.6 Å². The molecule has 0 unspecified atom stereocenters. The monoisotopic (exact) mass is 962 g/mol. The molecule has 2 aromatic carbocycles. The molecule has 0 saturated heterocycles. The fourth-order valence-electron chi connectivity index (χ4n) is 5.00. The Bertz CT molecular complexity index is 2420. The Hall–Kier alpha value is -8.24. The van der Waals surface area contributed by atoms with Crippen molar-refractivity contribution in [1.82, 2.24) is 19.9 Å². The summed E-state index contributed by atoms with van der Waals surface area (Å²) in [5.74, 6) is -3.36. The Labute approximate surface area is 398 Å². The minimum atomic E-state index is -1.12. The van der Waals surface area contributed by atoms with Crippen LogP contribution in [-0.4, -0.2) is 110 Å². The summed E-state index contributed by atoms with van der Waals surface area (Å²) in [5.41, 5.74) is 1.43. The minimum Gasteiger partial charge on any atom is -0.476 e. The predicted molar refractivity (Wildman–Crippen MR) is 249 cm³/mol. The van der Waals surface area contributed by atoms with E-state index in [1.165, 1.54) is 80.7 Å². The number of rotatable bonds is 7. The first-order valence-corrected chi connectivity index (χ1v) is 20.6. The average Bonchev–Trinajstić information content (AvgIpc) is 3.22. The quantitative estimate of drug-likeness (QED) is 0.0894. The first kappa shape index (κ1) is 56.9. The zero-order valence-corrected chi connectivity index (χ0v) is 40.9. The summed E-state index contributed by atoms with van der Waals surface area (Å²) in [6.07, 6.45) is 3.64. The van der Waals surface area contributed by atoms with Gasteiger partial charge in [0.15, 0.2) is 5.69 Å². The molecule has 5 amide bonds. The van der Waals surface area contributed by atoms with Gasteiger partial charge in [0, 0.05) is 24.8 Å². The molecule has 372 valence electrons. The molecule has 69 heavy (non-hydrogen) atoms. The third kappa shape index (κ3) is 18.5. The molecule has 0 aliphatic rings. The number of carbonyl (C=O) groups is 8. The third-order valence-corrected chi connectivity index (χ3v) is 7.49. The molecular weight excluding hydrogens is 905 g/mol. The molecule has 2 aromatic heterocycles. The van der Waals surface area contributed by atoms with Crippen molar-refractivity contribution in [2.45, 2.75) is 105 Å². The standard InChI is InChI=1S/C23H28N4O7.C18H26N2O6.C5H4N2O2/c1-22(2,3)33-20(30)27(21(31)34-23(4,5)6)17-14(19(29)32-7)9-8-10-15(17)26-18(28)16-13-24-11-12-25-16;1-17(2,3)25-15(22)20(16(23)26-18(4,5)6)13-11(14(21)24-7)9-8-10-12(13)19;8-5(9)4-3-6-1-2-7-4/h8-13H,1-7H3,(H,26,28);8-10H,19H2,1-7H3;1-3H,(H,8,9). The molecule has 23 nitrogen and oxygen atoms in total. The van der Waals surface area contributed by atoms with Gasteiger partial charge in [0.25, 0.3) is 5.91 Å². The first-order valence-electron chi connectivity index (χ1n) is 20.6. The number of hydrogen-bond donors (Lipinski definition) is 3. The zero-order valence-electron chi connectivity index (χ0n) is 40.9. The molecule has 23 heteroatoms. The number of nitrogen functional groups attached to an aromatic ring is 1. The number of nitrogens with one attached hydrogen (secondary N) is 1. The number of carbonyl (C=O) groups excluding carboxylic acids is 7. The maximum atomic E-state index is 13.2. The molecule has 4 aromatic rings. The second kappa shape index (κ2) is 24.0. The van der Waals surface area contributed by atoms with E-state index in [1.807, 2.05) is 0 Å². The SMILES string of the molecule is COC(=O)c1cccc(N)c1N(C(=O)OC(C)(C)C)C(=O)OC(C)(C)C.COC(=O)c1cccc(NC(=O)c2cnccn2)c1N(C(=O)OC(C)(C)C)C(=O)OC(C)(C)C.O=C(O)c1cnccn1. The number of aromatic nitrogens is 4. The van der Waals surface area contributed by atoms with Crippen molar-refractivity contribution in [2.75, 3.05) is 35.1 Å². The maximum absolute atomic E-state index is 13.2. The van der Waals surface area contributed by atoms with Gasteiger partial charge in [-0.25, -0.2) is 43.5 Å². The third-order valence-electron chi connectivity index (χ3n) is 7.49. The smallest absolute Gasteiger partial charge is 0.424 e. The summed E-state index contributed by atoms with van der Waals surface area (Å²) < 4.78 is 30.9. The lowest BCUT2D eigenvalue weighted by molar-refractivity contribution is 0.0406. The van der Waals surface area contributed by atoms with Crippen LogP contribution in [0.3, 0.4) is 0 Å². The van der Waals surface area contributed by atoms with Crippen LogP contribution in [-0.2, 0) is 28.4 Å². The van der Waals surface area contributed by atoms with E-state index in [-0.39, 0.29) is 45.3 Å². The number of nitrogens with zero attached hydrogens (tertiary/aromatic N) is 6. The number of ether oxygens (including phenoxy) is 6. The molecule has 2 heterocycles. The average molecular weight is 963 g/mol. The number of nitrogens with two attached hydrogens (primary N) is 1. The molecule has 0 aliphatic heterocycles. The van der Waals surface area contributed by atoms with E-state index in [1.54, 1.807) is 83.1 Å². The van der Waals surface area contributed by atoms with Gasteiger partial charge in [0.05, 0.1) is 60.5 Å². The van der Waals surface area contributed by atoms with E-state index in [0.29, 0.717) is 9.80 Å². The second-order valence-electron chi connectivity index (χ2n) is 18.0. The van der Waals surface area contributed by atoms with Crippen LogP contribution in [0.5, 0.6) is 0 Å². The molecule has 0 saturated carbocycles. The van der Waals surface area contributed by atoms with Crippen LogP contribution in [0, 0.1) is 0 Å².